The van der Waals surface area contributed by atoms with E-state index in [-0.39, 0.29) is 6.03 Å². The van der Waals surface area contributed by atoms with Gasteiger partial charge in [-0.25, -0.2) is 4.79 Å². The standard InChI is InChI=1S/C15H22N4O/c1-11-6-12(7-16)2-3-13(11)9-18-4-5-19-14(10-18)8-17-15(19)20/h2-3,6,14H,4-5,7-10,16H2,1H3,(H,17,20). The zero-order chi connectivity index (χ0) is 14.1. The van der Waals surface area contributed by atoms with Crippen molar-refractivity contribution < 1.29 is 4.79 Å². The molecule has 0 aromatic heterocycles. The molecular weight excluding hydrogens is 252 g/mol. The first-order valence-electron chi connectivity index (χ1n) is 7.22. The van der Waals surface area contributed by atoms with E-state index in [0.717, 1.165) is 32.7 Å². The molecule has 108 valence electrons. The number of carbonyl (C=O) groups excluding carboxylic acids is 1. The van der Waals surface area contributed by atoms with Gasteiger partial charge < -0.3 is 16.0 Å². The van der Waals surface area contributed by atoms with Crippen LogP contribution in [0, 0.1) is 6.92 Å². The molecule has 20 heavy (non-hydrogen) atoms. The Bertz CT molecular complexity index is 517. The summed E-state index contributed by atoms with van der Waals surface area (Å²) in [5.41, 5.74) is 9.51. The summed E-state index contributed by atoms with van der Waals surface area (Å²) >= 11 is 0. The van der Waals surface area contributed by atoms with Crippen LogP contribution in [0.3, 0.4) is 0 Å². The molecule has 2 amide bonds. The Labute approximate surface area is 119 Å². The highest BCUT2D eigenvalue weighted by Crippen LogP contribution is 2.18. The molecule has 0 spiro atoms. The predicted molar refractivity (Wildman–Crippen MR) is 78.2 cm³/mol. The number of benzene rings is 1. The molecule has 1 aromatic carbocycles. The van der Waals surface area contributed by atoms with Gasteiger partial charge in [0.2, 0.25) is 0 Å². The fourth-order valence-corrected chi connectivity index (χ4v) is 3.12. The summed E-state index contributed by atoms with van der Waals surface area (Å²) in [6.45, 7) is 7.20. The van der Waals surface area contributed by atoms with Crippen LogP contribution < -0.4 is 11.1 Å². The van der Waals surface area contributed by atoms with Gasteiger partial charge in [-0.1, -0.05) is 18.2 Å². The van der Waals surface area contributed by atoms with E-state index in [0.29, 0.717) is 12.6 Å². The highest BCUT2D eigenvalue weighted by Gasteiger charge is 2.35. The summed E-state index contributed by atoms with van der Waals surface area (Å²) in [5.74, 6) is 0. The SMILES string of the molecule is Cc1cc(CN)ccc1CN1CCN2C(=O)NCC2C1. The Morgan fingerprint density at radius 2 is 2.25 bits per heavy atom. The number of carbonyl (C=O) groups is 1. The van der Waals surface area contributed by atoms with Crippen molar-refractivity contribution in [3.05, 3.63) is 34.9 Å². The monoisotopic (exact) mass is 274 g/mol. The van der Waals surface area contributed by atoms with Crippen LogP contribution in [0.25, 0.3) is 0 Å². The molecule has 0 radical (unpaired) electrons. The maximum absolute atomic E-state index is 11.6. The molecule has 0 aliphatic carbocycles. The predicted octanol–water partition coefficient (Wildman–Crippen LogP) is 0.663. The molecule has 1 unspecified atom stereocenters. The topological polar surface area (TPSA) is 61.6 Å². The van der Waals surface area contributed by atoms with Gasteiger partial charge in [-0.2, -0.15) is 0 Å². The molecule has 2 aliphatic heterocycles. The second-order valence-electron chi connectivity index (χ2n) is 5.73. The lowest BCUT2D eigenvalue weighted by Gasteiger charge is -2.36. The van der Waals surface area contributed by atoms with Gasteiger partial charge in [-0.15, -0.1) is 0 Å². The molecule has 0 saturated carbocycles. The zero-order valence-electron chi connectivity index (χ0n) is 11.9. The number of aryl methyl sites for hydroxylation is 1. The van der Waals surface area contributed by atoms with Gasteiger partial charge >= 0.3 is 6.03 Å². The smallest absolute Gasteiger partial charge is 0.317 e. The number of urea groups is 1. The Kier molecular flexibility index (Phi) is 3.63. The highest BCUT2D eigenvalue weighted by molar-refractivity contribution is 5.77. The van der Waals surface area contributed by atoms with E-state index in [1.165, 1.54) is 16.7 Å². The van der Waals surface area contributed by atoms with Gasteiger partial charge in [0.05, 0.1) is 6.04 Å². The van der Waals surface area contributed by atoms with Crippen LogP contribution in [-0.4, -0.2) is 48.1 Å². The van der Waals surface area contributed by atoms with Gasteiger partial charge in [0, 0.05) is 39.3 Å². The summed E-state index contributed by atoms with van der Waals surface area (Å²) < 4.78 is 0. The number of rotatable bonds is 3. The van der Waals surface area contributed by atoms with Gasteiger partial charge in [-0.3, -0.25) is 4.90 Å². The van der Waals surface area contributed by atoms with Crippen molar-refractivity contribution in [3.8, 4) is 0 Å². The summed E-state index contributed by atoms with van der Waals surface area (Å²) in [5, 5.41) is 2.92. The molecule has 2 fully saturated rings. The second-order valence-corrected chi connectivity index (χ2v) is 5.73. The number of amides is 2. The second kappa shape index (κ2) is 5.42. The molecule has 0 bridgehead atoms. The summed E-state index contributed by atoms with van der Waals surface area (Å²) in [6.07, 6.45) is 0. The molecule has 1 atom stereocenters. The van der Waals surface area contributed by atoms with Gasteiger partial charge in [0.1, 0.15) is 0 Å². The van der Waals surface area contributed by atoms with Crippen molar-refractivity contribution in [2.75, 3.05) is 26.2 Å². The maximum atomic E-state index is 11.6. The normalized spacial score (nSPS) is 22.8. The molecular formula is C15H22N4O. The third kappa shape index (κ3) is 2.51. The van der Waals surface area contributed by atoms with Crippen molar-refractivity contribution >= 4 is 6.03 Å². The zero-order valence-corrected chi connectivity index (χ0v) is 11.9. The number of hydrogen-bond donors (Lipinski definition) is 2. The molecule has 2 saturated heterocycles. The molecule has 5 nitrogen and oxygen atoms in total. The third-order valence-corrected chi connectivity index (χ3v) is 4.35. The van der Waals surface area contributed by atoms with E-state index >= 15 is 0 Å². The van der Waals surface area contributed by atoms with E-state index in [4.69, 9.17) is 5.73 Å². The Morgan fingerprint density at radius 1 is 1.40 bits per heavy atom. The molecule has 5 heteroatoms. The van der Waals surface area contributed by atoms with Crippen LogP contribution in [-0.2, 0) is 13.1 Å². The number of hydrogen-bond acceptors (Lipinski definition) is 3. The van der Waals surface area contributed by atoms with Gasteiger partial charge in [0.15, 0.2) is 0 Å². The lowest BCUT2D eigenvalue weighted by atomic mass is 10.0. The summed E-state index contributed by atoms with van der Waals surface area (Å²) in [6, 6.07) is 6.89. The van der Waals surface area contributed by atoms with E-state index in [1.807, 2.05) is 4.90 Å². The molecule has 1 aromatic rings. The van der Waals surface area contributed by atoms with Gasteiger partial charge in [0.25, 0.3) is 0 Å². The fraction of sp³-hybridized carbons (Fsp3) is 0.533. The molecule has 2 heterocycles. The Balaban J connectivity index is 1.65. The Morgan fingerprint density at radius 3 is 3.00 bits per heavy atom. The number of nitrogens with one attached hydrogen (secondary N) is 1. The largest absolute Gasteiger partial charge is 0.336 e. The number of piperazine rings is 1. The van der Waals surface area contributed by atoms with Crippen molar-refractivity contribution in [2.24, 2.45) is 5.73 Å². The minimum absolute atomic E-state index is 0.0955. The average Bonchev–Trinajstić information content (AvgIpc) is 2.82. The first-order valence-corrected chi connectivity index (χ1v) is 7.22. The first kappa shape index (κ1) is 13.4. The van der Waals surface area contributed by atoms with E-state index < -0.39 is 0 Å². The quantitative estimate of drug-likeness (QED) is 0.851. The lowest BCUT2D eigenvalue weighted by Crippen LogP contribution is -2.51. The maximum Gasteiger partial charge on any atom is 0.317 e. The fourth-order valence-electron chi connectivity index (χ4n) is 3.12. The van der Waals surface area contributed by atoms with Crippen molar-refractivity contribution in [2.45, 2.75) is 26.1 Å². The van der Waals surface area contributed by atoms with E-state index in [1.54, 1.807) is 0 Å². The Hall–Kier alpha value is -1.59. The number of nitrogens with two attached hydrogens (primary N) is 1. The van der Waals surface area contributed by atoms with Gasteiger partial charge in [-0.05, 0) is 23.6 Å². The summed E-state index contributed by atoms with van der Waals surface area (Å²) in [7, 11) is 0. The molecule has 2 aliphatic rings. The van der Waals surface area contributed by atoms with Crippen molar-refractivity contribution in [1.82, 2.24) is 15.1 Å². The minimum atomic E-state index is 0.0955. The molecule has 3 N–H and O–H groups in total. The van der Waals surface area contributed by atoms with Crippen LogP contribution in [0.4, 0.5) is 4.79 Å². The van der Waals surface area contributed by atoms with Crippen LogP contribution >= 0.6 is 0 Å². The van der Waals surface area contributed by atoms with Crippen LogP contribution in [0.1, 0.15) is 16.7 Å². The minimum Gasteiger partial charge on any atom is -0.336 e. The number of fused-ring (bicyclic) bond motifs is 1. The van der Waals surface area contributed by atoms with Crippen molar-refractivity contribution in [3.63, 3.8) is 0 Å². The van der Waals surface area contributed by atoms with Crippen LogP contribution in [0.5, 0.6) is 0 Å². The third-order valence-electron chi connectivity index (χ3n) is 4.35. The molecule has 3 rings (SSSR count). The number of nitrogens with zero attached hydrogens (tertiary/aromatic N) is 2. The average molecular weight is 274 g/mol. The first-order chi connectivity index (χ1) is 9.67. The summed E-state index contributed by atoms with van der Waals surface area (Å²) in [4.78, 5) is 16.0. The highest BCUT2D eigenvalue weighted by atomic mass is 16.2. The van der Waals surface area contributed by atoms with Crippen LogP contribution in [0.2, 0.25) is 0 Å². The van der Waals surface area contributed by atoms with Crippen molar-refractivity contribution in [1.29, 1.82) is 0 Å². The van der Waals surface area contributed by atoms with Crippen LogP contribution in [0.15, 0.2) is 18.2 Å². The van der Waals surface area contributed by atoms with E-state index in [2.05, 4.69) is 35.3 Å². The lowest BCUT2D eigenvalue weighted by molar-refractivity contribution is 0.116. The van der Waals surface area contributed by atoms with E-state index in [9.17, 15) is 4.79 Å².